The van der Waals surface area contributed by atoms with E-state index in [1.165, 1.54) is 24.0 Å². The van der Waals surface area contributed by atoms with Crippen molar-refractivity contribution in [3.63, 3.8) is 0 Å². The molecule has 0 aliphatic carbocycles. The minimum atomic E-state index is 0.356. The van der Waals surface area contributed by atoms with Crippen LogP contribution in [0.3, 0.4) is 0 Å². The Balaban J connectivity index is 1.55. The normalized spacial score (nSPS) is 21.3. The van der Waals surface area contributed by atoms with E-state index in [1.807, 2.05) is 0 Å². The Morgan fingerprint density at radius 1 is 1.12 bits per heavy atom. The molecule has 2 fully saturated rings. The molecule has 0 N–H and O–H groups in total. The fourth-order valence-electron chi connectivity index (χ4n) is 4.25. The van der Waals surface area contributed by atoms with Gasteiger partial charge in [0.2, 0.25) is 5.91 Å². The molecular weight excluding hydrogens is 310 g/mol. The van der Waals surface area contributed by atoms with Crippen LogP contribution in [0, 0.1) is 12.3 Å². The van der Waals surface area contributed by atoms with Crippen molar-refractivity contribution in [1.82, 2.24) is 14.7 Å². The number of hydrogen-bond acceptors (Lipinski definition) is 3. The van der Waals surface area contributed by atoms with Gasteiger partial charge in [-0.15, -0.1) is 0 Å². The zero-order valence-electron chi connectivity index (χ0n) is 16.1. The van der Waals surface area contributed by atoms with Gasteiger partial charge in [-0.1, -0.05) is 24.3 Å². The predicted molar refractivity (Wildman–Crippen MR) is 102 cm³/mol. The van der Waals surface area contributed by atoms with Crippen LogP contribution < -0.4 is 0 Å². The standard InChI is InChI=1S/C21H33N3O/c1-18-6-4-5-7-19(18)16-23-12-10-21(11-13-23)9-8-20(25)24(17-21)15-14-22(2)3/h4-7H,8-17H2,1-3H3. The van der Waals surface area contributed by atoms with Crippen molar-refractivity contribution in [2.24, 2.45) is 5.41 Å². The SMILES string of the molecule is Cc1ccccc1CN1CCC2(CCC(=O)N(CCN(C)C)C2)CC1. The number of amides is 1. The maximum absolute atomic E-state index is 12.3. The zero-order valence-corrected chi connectivity index (χ0v) is 16.1. The van der Waals surface area contributed by atoms with Crippen molar-refractivity contribution in [3.05, 3.63) is 35.4 Å². The lowest BCUT2D eigenvalue weighted by molar-refractivity contribution is -0.139. The van der Waals surface area contributed by atoms with Crippen molar-refractivity contribution >= 4 is 5.91 Å². The maximum atomic E-state index is 12.3. The van der Waals surface area contributed by atoms with Crippen LogP contribution in [-0.4, -0.2) is 67.4 Å². The van der Waals surface area contributed by atoms with Gasteiger partial charge < -0.3 is 9.80 Å². The quantitative estimate of drug-likeness (QED) is 0.822. The third-order valence-corrected chi connectivity index (χ3v) is 6.14. The van der Waals surface area contributed by atoms with E-state index in [0.717, 1.165) is 52.1 Å². The number of benzene rings is 1. The Kier molecular flexibility index (Phi) is 5.80. The summed E-state index contributed by atoms with van der Waals surface area (Å²) in [6.45, 7) is 8.38. The van der Waals surface area contributed by atoms with E-state index >= 15 is 0 Å². The third kappa shape index (κ3) is 4.62. The first-order valence-corrected chi connectivity index (χ1v) is 9.67. The minimum absolute atomic E-state index is 0.356. The lowest BCUT2D eigenvalue weighted by Crippen LogP contribution is -2.52. The molecule has 0 radical (unpaired) electrons. The van der Waals surface area contributed by atoms with Gasteiger partial charge in [0.15, 0.2) is 0 Å². The summed E-state index contributed by atoms with van der Waals surface area (Å²) in [7, 11) is 4.16. The number of piperidine rings is 2. The first-order chi connectivity index (χ1) is 12.0. The molecule has 138 valence electrons. The molecule has 2 saturated heterocycles. The Morgan fingerprint density at radius 3 is 2.52 bits per heavy atom. The van der Waals surface area contributed by atoms with Gasteiger partial charge in [0.05, 0.1) is 0 Å². The zero-order chi connectivity index (χ0) is 17.9. The fourth-order valence-corrected chi connectivity index (χ4v) is 4.25. The summed E-state index contributed by atoms with van der Waals surface area (Å²) in [6.07, 6.45) is 4.28. The molecule has 1 aromatic carbocycles. The molecule has 4 nitrogen and oxygen atoms in total. The highest BCUT2D eigenvalue weighted by molar-refractivity contribution is 5.77. The van der Waals surface area contributed by atoms with Gasteiger partial charge in [0, 0.05) is 32.6 Å². The molecule has 0 saturated carbocycles. The predicted octanol–water partition coefficient (Wildman–Crippen LogP) is 2.76. The van der Waals surface area contributed by atoms with Crippen LogP contribution in [0.1, 0.15) is 36.8 Å². The summed E-state index contributed by atoms with van der Waals surface area (Å²) in [5, 5.41) is 0. The smallest absolute Gasteiger partial charge is 0.222 e. The van der Waals surface area contributed by atoms with E-state index in [9.17, 15) is 4.79 Å². The molecule has 4 heteroatoms. The molecule has 1 amide bonds. The summed E-state index contributed by atoms with van der Waals surface area (Å²) in [4.78, 5) is 19.2. The van der Waals surface area contributed by atoms with Crippen LogP contribution in [0.4, 0.5) is 0 Å². The molecule has 1 aromatic rings. The third-order valence-electron chi connectivity index (χ3n) is 6.14. The van der Waals surface area contributed by atoms with Gasteiger partial charge in [-0.3, -0.25) is 9.69 Å². The molecule has 25 heavy (non-hydrogen) atoms. The number of rotatable bonds is 5. The van der Waals surface area contributed by atoms with Gasteiger partial charge in [0.1, 0.15) is 0 Å². The van der Waals surface area contributed by atoms with Gasteiger partial charge in [-0.05, 0) is 69.9 Å². The molecule has 0 unspecified atom stereocenters. The van der Waals surface area contributed by atoms with Crippen molar-refractivity contribution < 1.29 is 4.79 Å². The number of nitrogens with zero attached hydrogens (tertiary/aromatic N) is 3. The fraction of sp³-hybridized carbons (Fsp3) is 0.667. The molecule has 0 atom stereocenters. The second kappa shape index (κ2) is 7.88. The average molecular weight is 344 g/mol. The summed E-state index contributed by atoms with van der Waals surface area (Å²) < 4.78 is 0. The van der Waals surface area contributed by atoms with Crippen LogP contribution in [-0.2, 0) is 11.3 Å². The molecule has 2 aliphatic rings. The number of carbonyl (C=O) groups excluding carboxylic acids is 1. The van der Waals surface area contributed by atoms with Crippen LogP contribution in [0.15, 0.2) is 24.3 Å². The minimum Gasteiger partial charge on any atom is -0.341 e. The number of aryl methyl sites for hydroxylation is 1. The summed E-state index contributed by atoms with van der Waals surface area (Å²) in [6, 6.07) is 8.71. The lowest BCUT2D eigenvalue weighted by Gasteiger charge is -2.47. The molecule has 0 bridgehead atoms. The first-order valence-electron chi connectivity index (χ1n) is 9.67. The van der Waals surface area contributed by atoms with E-state index in [1.54, 1.807) is 0 Å². The summed E-state index contributed by atoms with van der Waals surface area (Å²) in [5.74, 6) is 0.356. The summed E-state index contributed by atoms with van der Waals surface area (Å²) in [5.41, 5.74) is 3.20. The van der Waals surface area contributed by atoms with Crippen LogP contribution in [0.25, 0.3) is 0 Å². The van der Waals surface area contributed by atoms with E-state index in [4.69, 9.17) is 0 Å². The van der Waals surface area contributed by atoms with Gasteiger partial charge in [-0.25, -0.2) is 0 Å². The number of hydrogen-bond donors (Lipinski definition) is 0. The van der Waals surface area contributed by atoms with E-state index in [2.05, 4.69) is 60.0 Å². The van der Waals surface area contributed by atoms with Crippen LogP contribution in [0.5, 0.6) is 0 Å². The Morgan fingerprint density at radius 2 is 1.84 bits per heavy atom. The van der Waals surface area contributed by atoms with Crippen molar-refractivity contribution in [1.29, 1.82) is 0 Å². The van der Waals surface area contributed by atoms with E-state index in [0.29, 0.717) is 11.3 Å². The highest BCUT2D eigenvalue weighted by Gasteiger charge is 2.40. The highest BCUT2D eigenvalue weighted by Crippen LogP contribution is 2.40. The number of likely N-dealkylation sites (tertiary alicyclic amines) is 2. The van der Waals surface area contributed by atoms with E-state index in [-0.39, 0.29) is 0 Å². The molecule has 3 rings (SSSR count). The van der Waals surface area contributed by atoms with Crippen molar-refractivity contribution in [2.75, 3.05) is 46.8 Å². The maximum Gasteiger partial charge on any atom is 0.222 e. The van der Waals surface area contributed by atoms with Gasteiger partial charge in [-0.2, -0.15) is 0 Å². The Labute approximate surface area is 152 Å². The molecule has 0 aromatic heterocycles. The second-order valence-corrected chi connectivity index (χ2v) is 8.32. The molecule has 2 heterocycles. The first kappa shape index (κ1) is 18.4. The lowest BCUT2D eigenvalue weighted by atomic mass is 9.72. The Bertz CT molecular complexity index is 591. The van der Waals surface area contributed by atoms with Gasteiger partial charge >= 0.3 is 0 Å². The van der Waals surface area contributed by atoms with Gasteiger partial charge in [0.25, 0.3) is 0 Å². The summed E-state index contributed by atoms with van der Waals surface area (Å²) >= 11 is 0. The Hall–Kier alpha value is -1.39. The topological polar surface area (TPSA) is 26.8 Å². The van der Waals surface area contributed by atoms with E-state index < -0.39 is 0 Å². The average Bonchev–Trinajstić information content (AvgIpc) is 2.60. The number of likely N-dealkylation sites (N-methyl/N-ethyl adjacent to an activating group) is 1. The monoisotopic (exact) mass is 343 g/mol. The molecular formula is C21H33N3O. The molecule has 1 spiro atoms. The molecule has 2 aliphatic heterocycles. The largest absolute Gasteiger partial charge is 0.341 e. The van der Waals surface area contributed by atoms with Crippen molar-refractivity contribution in [3.8, 4) is 0 Å². The second-order valence-electron chi connectivity index (χ2n) is 8.32. The number of carbonyl (C=O) groups is 1. The van der Waals surface area contributed by atoms with Crippen molar-refractivity contribution in [2.45, 2.75) is 39.2 Å². The van der Waals surface area contributed by atoms with Crippen LogP contribution >= 0.6 is 0 Å². The van der Waals surface area contributed by atoms with Crippen LogP contribution in [0.2, 0.25) is 0 Å². The highest BCUT2D eigenvalue weighted by atomic mass is 16.2.